The topological polar surface area (TPSA) is 31.4 Å². The summed E-state index contributed by atoms with van der Waals surface area (Å²) in [6, 6.07) is 2.52. The lowest BCUT2D eigenvalue weighted by Gasteiger charge is -2.28. The quantitative estimate of drug-likeness (QED) is 0.872. The van der Waals surface area contributed by atoms with Gasteiger partial charge in [0.2, 0.25) is 0 Å². The number of anilines is 1. The first kappa shape index (κ1) is 16.2. The van der Waals surface area contributed by atoms with Gasteiger partial charge in [-0.3, -0.25) is 0 Å². The highest BCUT2D eigenvalue weighted by Crippen LogP contribution is 2.21. The summed E-state index contributed by atoms with van der Waals surface area (Å²) in [6.45, 7) is 6.91. The molecule has 1 fully saturated rings. The van der Waals surface area contributed by atoms with Crippen molar-refractivity contribution in [3.63, 3.8) is 0 Å². The monoisotopic (exact) mass is 294 g/mol. The molecule has 0 amide bonds. The molecule has 0 aromatic carbocycles. The van der Waals surface area contributed by atoms with Crippen LogP contribution in [-0.4, -0.2) is 49.2 Å². The van der Waals surface area contributed by atoms with E-state index in [2.05, 4.69) is 41.0 Å². The van der Waals surface area contributed by atoms with Gasteiger partial charge in [0.1, 0.15) is 11.6 Å². The molecule has 21 heavy (non-hydrogen) atoms. The highest BCUT2D eigenvalue weighted by Gasteiger charge is 2.23. The molecule has 0 saturated carbocycles. The van der Waals surface area contributed by atoms with Crippen LogP contribution in [0.5, 0.6) is 0 Å². The molecular formula is C16H27FN4. The van der Waals surface area contributed by atoms with Gasteiger partial charge in [-0.05, 0) is 32.5 Å². The van der Waals surface area contributed by atoms with Crippen LogP contribution in [0, 0.1) is 5.82 Å². The van der Waals surface area contributed by atoms with Crippen molar-refractivity contribution in [3.05, 3.63) is 23.6 Å². The maximum Gasteiger partial charge on any atom is 0.141 e. The molecule has 0 aliphatic carbocycles. The number of halogens is 1. The first-order valence-electron chi connectivity index (χ1n) is 7.76. The zero-order valence-corrected chi connectivity index (χ0v) is 13.6. The Morgan fingerprint density at radius 3 is 2.90 bits per heavy atom. The van der Waals surface area contributed by atoms with E-state index in [9.17, 15) is 4.39 Å². The maximum atomic E-state index is 13.5. The van der Waals surface area contributed by atoms with Crippen molar-refractivity contribution in [2.45, 2.75) is 45.3 Å². The summed E-state index contributed by atoms with van der Waals surface area (Å²) >= 11 is 0. The summed E-state index contributed by atoms with van der Waals surface area (Å²) in [6.07, 6.45) is 3.79. The van der Waals surface area contributed by atoms with Crippen molar-refractivity contribution in [2.75, 3.05) is 32.1 Å². The van der Waals surface area contributed by atoms with Gasteiger partial charge in [0.25, 0.3) is 0 Å². The lowest BCUT2D eigenvalue weighted by Crippen LogP contribution is -2.37. The van der Waals surface area contributed by atoms with E-state index in [1.54, 1.807) is 6.07 Å². The molecule has 1 unspecified atom stereocenters. The number of hydrogen-bond acceptors (Lipinski definition) is 4. The average Bonchev–Trinajstić information content (AvgIpc) is 2.82. The van der Waals surface area contributed by atoms with Gasteiger partial charge in [-0.25, -0.2) is 9.37 Å². The third-order valence-corrected chi connectivity index (χ3v) is 4.13. The minimum atomic E-state index is -0.273. The first-order chi connectivity index (χ1) is 9.97. The van der Waals surface area contributed by atoms with Crippen molar-refractivity contribution < 1.29 is 4.39 Å². The second-order valence-electron chi connectivity index (χ2n) is 6.33. The summed E-state index contributed by atoms with van der Waals surface area (Å²) in [5.41, 5.74) is 0.923. The van der Waals surface area contributed by atoms with Crippen LogP contribution >= 0.6 is 0 Å². The fraction of sp³-hybridized carbons (Fsp3) is 0.688. The molecule has 1 aliphatic rings. The van der Waals surface area contributed by atoms with E-state index in [1.165, 1.54) is 19.0 Å². The van der Waals surface area contributed by atoms with Crippen LogP contribution in [0.1, 0.15) is 32.3 Å². The number of likely N-dealkylation sites (tertiary alicyclic amines) is 1. The standard InChI is InChI=1S/C16H27FN4/c1-12(2)18-9-13-8-14(17)10-19-16(13)21(4)11-15-6-5-7-20(15)3/h8,10,12,15,18H,5-7,9,11H2,1-4H3. The fourth-order valence-corrected chi connectivity index (χ4v) is 2.87. The van der Waals surface area contributed by atoms with Crippen molar-refractivity contribution >= 4 is 5.82 Å². The molecule has 4 nitrogen and oxygen atoms in total. The van der Waals surface area contributed by atoms with Gasteiger partial charge in [0, 0.05) is 37.8 Å². The third-order valence-electron chi connectivity index (χ3n) is 4.13. The maximum absolute atomic E-state index is 13.5. The molecule has 0 bridgehead atoms. The predicted molar refractivity (Wildman–Crippen MR) is 85.1 cm³/mol. The second-order valence-corrected chi connectivity index (χ2v) is 6.33. The Kier molecular flexibility index (Phi) is 5.53. The van der Waals surface area contributed by atoms with Gasteiger partial charge >= 0.3 is 0 Å². The summed E-state index contributed by atoms with van der Waals surface area (Å²) in [5.74, 6) is 0.607. The van der Waals surface area contributed by atoms with E-state index < -0.39 is 0 Å². The van der Waals surface area contributed by atoms with E-state index in [0.29, 0.717) is 18.6 Å². The van der Waals surface area contributed by atoms with E-state index in [4.69, 9.17) is 0 Å². The lowest BCUT2D eigenvalue weighted by atomic mass is 10.2. The number of nitrogens with zero attached hydrogens (tertiary/aromatic N) is 3. The molecule has 1 atom stereocenters. The van der Waals surface area contributed by atoms with Crippen LogP contribution < -0.4 is 10.2 Å². The molecular weight excluding hydrogens is 267 g/mol. The third kappa shape index (κ3) is 4.38. The van der Waals surface area contributed by atoms with Gasteiger partial charge < -0.3 is 15.1 Å². The smallest absolute Gasteiger partial charge is 0.141 e. The number of rotatable bonds is 6. The summed E-state index contributed by atoms with van der Waals surface area (Å²) in [5, 5.41) is 3.34. The van der Waals surface area contributed by atoms with E-state index in [0.717, 1.165) is 24.5 Å². The number of pyridine rings is 1. The molecule has 1 aliphatic heterocycles. The number of hydrogen-bond donors (Lipinski definition) is 1. The molecule has 0 radical (unpaired) electrons. The SMILES string of the molecule is CC(C)NCc1cc(F)cnc1N(C)CC1CCCN1C. The second kappa shape index (κ2) is 7.18. The number of aromatic nitrogens is 1. The lowest BCUT2D eigenvalue weighted by molar-refractivity contribution is 0.314. The van der Waals surface area contributed by atoms with Crippen LogP contribution in [0.4, 0.5) is 10.2 Å². The molecule has 1 N–H and O–H groups in total. The van der Waals surface area contributed by atoms with E-state index in [1.807, 2.05) is 7.05 Å². The highest BCUT2D eigenvalue weighted by molar-refractivity contribution is 5.46. The summed E-state index contributed by atoms with van der Waals surface area (Å²) < 4.78 is 13.5. The Hall–Kier alpha value is -1.20. The molecule has 5 heteroatoms. The fourth-order valence-electron chi connectivity index (χ4n) is 2.87. The van der Waals surface area contributed by atoms with Crippen LogP contribution in [0.25, 0.3) is 0 Å². The van der Waals surface area contributed by atoms with Gasteiger partial charge in [0.15, 0.2) is 0 Å². The normalized spacial score (nSPS) is 19.4. The van der Waals surface area contributed by atoms with Crippen molar-refractivity contribution in [3.8, 4) is 0 Å². The van der Waals surface area contributed by atoms with Crippen LogP contribution in [-0.2, 0) is 6.54 Å². The van der Waals surface area contributed by atoms with Gasteiger partial charge in [-0.1, -0.05) is 13.8 Å². The van der Waals surface area contributed by atoms with E-state index in [-0.39, 0.29) is 5.82 Å². The molecule has 1 saturated heterocycles. The Morgan fingerprint density at radius 1 is 1.52 bits per heavy atom. The summed E-state index contributed by atoms with van der Waals surface area (Å²) in [4.78, 5) is 8.87. The largest absolute Gasteiger partial charge is 0.358 e. The number of likely N-dealkylation sites (N-methyl/N-ethyl adjacent to an activating group) is 2. The van der Waals surface area contributed by atoms with Gasteiger partial charge in [-0.2, -0.15) is 0 Å². The molecule has 2 rings (SSSR count). The highest BCUT2D eigenvalue weighted by atomic mass is 19.1. The predicted octanol–water partition coefficient (Wildman–Crippen LogP) is 2.25. The van der Waals surface area contributed by atoms with Crippen LogP contribution in [0.15, 0.2) is 12.3 Å². The minimum absolute atomic E-state index is 0.273. The van der Waals surface area contributed by atoms with Crippen molar-refractivity contribution in [2.24, 2.45) is 0 Å². The molecule has 118 valence electrons. The van der Waals surface area contributed by atoms with Gasteiger partial charge in [0.05, 0.1) is 6.20 Å². The first-order valence-corrected chi connectivity index (χ1v) is 7.76. The Balaban J connectivity index is 2.09. The zero-order valence-electron chi connectivity index (χ0n) is 13.6. The van der Waals surface area contributed by atoms with Crippen molar-refractivity contribution in [1.29, 1.82) is 0 Å². The Morgan fingerprint density at radius 2 is 2.29 bits per heavy atom. The Bertz CT molecular complexity index is 464. The number of nitrogens with one attached hydrogen (secondary N) is 1. The molecule has 0 spiro atoms. The van der Waals surface area contributed by atoms with E-state index >= 15 is 0 Å². The van der Waals surface area contributed by atoms with Crippen LogP contribution in [0.2, 0.25) is 0 Å². The van der Waals surface area contributed by atoms with Crippen LogP contribution in [0.3, 0.4) is 0 Å². The molecule has 2 heterocycles. The molecule has 1 aromatic heterocycles. The zero-order chi connectivity index (χ0) is 15.4. The average molecular weight is 294 g/mol. The van der Waals surface area contributed by atoms with Gasteiger partial charge in [-0.15, -0.1) is 0 Å². The Labute approximate surface area is 127 Å². The molecule has 1 aromatic rings. The van der Waals surface area contributed by atoms with Crippen molar-refractivity contribution in [1.82, 2.24) is 15.2 Å². The minimum Gasteiger partial charge on any atom is -0.358 e. The summed E-state index contributed by atoms with van der Waals surface area (Å²) in [7, 11) is 4.22.